The fraction of sp³-hybridized carbons (Fsp3) is 0.100. The lowest BCUT2D eigenvalue weighted by Crippen LogP contribution is -1.88. The highest BCUT2D eigenvalue weighted by Crippen LogP contribution is 2.26. The topological polar surface area (TPSA) is 52.5 Å². The summed E-state index contributed by atoms with van der Waals surface area (Å²) in [5.41, 5.74) is 1.79. The van der Waals surface area contributed by atoms with Gasteiger partial charge in [-0.25, -0.2) is 4.98 Å². The van der Waals surface area contributed by atoms with Crippen LogP contribution < -0.4 is 0 Å². The lowest BCUT2D eigenvalue weighted by atomic mass is 10.3. The Labute approximate surface area is 96.0 Å². The monoisotopic (exact) mass is 233 g/mol. The van der Waals surface area contributed by atoms with Gasteiger partial charge in [0.25, 0.3) is 0 Å². The Hall–Kier alpha value is -1.51. The van der Waals surface area contributed by atoms with Gasteiger partial charge in [0.1, 0.15) is 10.9 Å². The highest BCUT2D eigenvalue weighted by atomic mass is 32.1. The second-order valence-corrected chi connectivity index (χ2v) is 4.50. The van der Waals surface area contributed by atoms with Crippen LogP contribution >= 0.6 is 23.6 Å². The molecule has 0 aliphatic carbocycles. The maximum Gasteiger partial charge on any atom is 0.197 e. The highest BCUT2D eigenvalue weighted by Gasteiger charge is 2.04. The molecule has 2 aromatic heterocycles. The number of nitriles is 1. The molecule has 2 aromatic rings. The van der Waals surface area contributed by atoms with Crippen LogP contribution in [-0.4, -0.2) is 9.97 Å². The van der Waals surface area contributed by atoms with Crippen molar-refractivity contribution in [3.8, 4) is 16.6 Å². The molecular weight excluding hydrogens is 226 g/mol. The van der Waals surface area contributed by atoms with E-state index in [4.69, 9.17) is 17.5 Å². The molecule has 2 rings (SSSR count). The minimum atomic E-state index is 0.469. The van der Waals surface area contributed by atoms with Crippen LogP contribution in [0.1, 0.15) is 10.6 Å². The molecule has 0 atom stereocenters. The van der Waals surface area contributed by atoms with E-state index in [0.29, 0.717) is 9.65 Å². The first kappa shape index (κ1) is 10.0. The Morgan fingerprint density at radius 2 is 2.33 bits per heavy atom. The molecule has 0 aliphatic rings. The van der Waals surface area contributed by atoms with Gasteiger partial charge in [-0.3, -0.25) is 0 Å². The maximum absolute atomic E-state index is 8.72. The van der Waals surface area contributed by atoms with Gasteiger partial charge in [-0.05, 0) is 37.3 Å². The van der Waals surface area contributed by atoms with Crippen LogP contribution in [0.15, 0.2) is 18.2 Å². The number of aromatic nitrogens is 2. The van der Waals surface area contributed by atoms with Crippen LogP contribution in [0.2, 0.25) is 0 Å². The molecule has 0 aliphatic heterocycles. The number of hydrogen-bond donors (Lipinski definition) is 1. The quantitative estimate of drug-likeness (QED) is 0.770. The summed E-state index contributed by atoms with van der Waals surface area (Å²) in [5.74, 6) is 0. The van der Waals surface area contributed by atoms with Crippen LogP contribution in [0, 0.1) is 23.0 Å². The highest BCUT2D eigenvalue weighted by molar-refractivity contribution is 7.71. The van der Waals surface area contributed by atoms with Crippen molar-refractivity contribution in [3.63, 3.8) is 0 Å². The number of rotatable bonds is 1. The Morgan fingerprint density at radius 3 is 2.93 bits per heavy atom. The minimum absolute atomic E-state index is 0.469. The van der Waals surface area contributed by atoms with E-state index in [9.17, 15) is 0 Å². The zero-order valence-electron chi connectivity index (χ0n) is 7.94. The standard InChI is InChI=1S/C10H7N3S2/c1-6-4-8(13-10(14)12-6)9-3-2-7(5-11)15-9/h2-4H,1H3,(H,12,13,14). The molecule has 0 spiro atoms. The summed E-state index contributed by atoms with van der Waals surface area (Å²) in [6, 6.07) is 7.70. The van der Waals surface area contributed by atoms with Crippen LogP contribution in [0.4, 0.5) is 0 Å². The van der Waals surface area contributed by atoms with Gasteiger partial charge in [-0.2, -0.15) is 5.26 Å². The summed E-state index contributed by atoms with van der Waals surface area (Å²) >= 11 is 6.41. The van der Waals surface area contributed by atoms with E-state index >= 15 is 0 Å². The van der Waals surface area contributed by atoms with Crippen molar-refractivity contribution in [2.24, 2.45) is 0 Å². The third-order valence-electron chi connectivity index (χ3n) is 1.85. The summed E-state index contributed by atoms with van der Waals surface area (Å²) in [7, 11) is 0. The summed E-state index contributed by atoms with van der Waals surface area (Å²) < 4.78 is 0.469. The lowest BCUT2D eigenvalue weighted by Gasteiger charge is -1.97. The van der Waals surface area contributed by atoms with Crippen molar-refractivity contribution in [3.05, 3.63) is 33.5 Å². The van der Waals surface area contributed by atoms with Crippen LogP contribution in [0.5, 0.6) is 0 Å². The van der Waals surface area contributed by atoms with E-state index in [2.05, 4.69) is 16.0 Å². The van der Waals surface area contributed by atoms with E-state index in [1.165, 1.54) is 11.3 Å². The normalized spacial score (nSPS) is 9.87. The summed E-state index contributed by atoms with van der Waals surface area (Å²) in [5, 5.41) is 8.72. The molecule has 0 unspecified atom stereocenters. The average Bonchev–Trinajstić information content (AvgIpc) is 2.64. The van der Waals surface area contributed by atoms with Crippen LogP contribution in [0.25, 0.3) is 10.6 Å². The molecule has 0 aromatic carbocycles. The molecule has 0 fully saturated rings. The van der Waals surface area contributed by atoms with E-state index in [0.717, 1.165) is 16.3 Å². The van der Waals surface area contributed by atoms with Gasteiger partial charge in [0.2, 0.25) is 0 Å². The second kappa shape index (κ2) is 3.93. The molecule has 1 N–H and O–H groups in total. The molecule has 5 heteroatoms. The predicted octanol–water partition coefficient (Wildman–Crippen LogP) is 3.05. The molecule has 0 saturated carbocycles. The van der Waals surface area contributed by atoms with E-state index in [1.54, 1.807) is 6.07 Å². The fourth-order valence-electron chi connectivity index (χ4n) is 1.24. The molecule has 0 saturated heterocycles. The number of thiophene rings is 1. The van der Waals surface area contributed by atoms with Crippen molar-refractivity contribution in [1.29, 1.82) is 5.26 Å². The first-order valence-electron chi connectivity index (χ1n) is 4.27. The molecule has 3 nitrogen and oxygen atoms in total. The molecule has 2 heterocycles. The maximum atomic E-state index is 8.72. The van der Waals surface area contributed by atoms with Gasteiger partial charge in [0.05, 0.1) is 10.6 Å². The Morgan fingerprint density at radius 1 is 1.53 bits per heavy atom. The number of nitrogens with zero attached hydrogens (tertiary/aromatic N) is 2. The molecule has 15 heavy (non-hydrogen) atoms. The van der Waals surface area contributed by atoms with Crippen molar-refractivity contribution >= 4 is 23.6 Å². The van der Waals surface area contributed by atoms with Gasteiger partial charge in [0.15, 0.2) is 4.77 Å². The van der Waals surface area contributed by atoms with Crippen LogP contribution in [-0.2, 0) is 0 Å². The van der Waals surface area contributed by atoms with Crippen LogP contribution in [0.3, 0.4) is 0 Å². The first-order chi connectivity index (χ1) is 7.19. The molecule has 0 amide bonds. The molecule has 0 radical (unpaired) electrons. The zero-order valence-corrected chi connectivity index (χ0v) is 9.58. The number of H-pyrrole nitrogens is 1. The van der Waals surface area contributed by atoms with Gasteiger partial charge >= 0.3 is 0 Å². The fourth-order valence-corrected chi connectivity index (χ4v) is 2.26. The zero-order chi connectivity index (χ0) is 10.8. The predicted molar refractivity (Wildman–Crippen MR) is 62.2 cm³/mol. The second-order valence-electron chi connectivity index (χ2n) is 3.03. The summed E-state index contributed by atoms with van der Waals surface area (Å²) in [6.07, 6.45) is 0. The van der Waals surface area contributed by atoms with Gasteiger partial charge in [-0.1, -0.05) is 0 Å². The van der Waals surface area contributed by atoms with Gasteiger partial charge < -0.3 is 4.98 Å². The van der Waals surface area contributed by atoms with E-state index in [1.807, 2.05) is 19.1 Å². The van der Waals surface area contributed by atoms with Crippen molar-refractivity contribution in [2.75, 3.05) is 0 Å². The molecular formula is C10H7N3S2. The number of aryl methyl sites for hydroxylation is 1. The lowest BCUT2D eigenvalue weighted by molar-refractivity contribution is 1.08. The number of nitrogens with one attached hydrogen (secondary N) is 1. The Balaban J connectivity index is 2.54. The summed E-state index contributed by atoms with van der Waals surface area (Å²) in [4.78, 5) is 8.81. The molecule has 0 bridgehead atoms. The Kier molecular flexibility index (Phi) is 2.62. The first-order valence-corrected chi connectivity index (χ1v) is 5.50. The van der Waals surface area contributed by atoms with Gasteiger partial charge in [0, 0.05) is 5.69 Å². The van der Waals surface area contributed by atoms with Gasteiger partial charge in [-0.15, -0.1) is 11.3 Å². The third-order valence-corrected chi connectivity index (χ3v) is 3.05. The molecule has 74 valence electrons. The Bertz CT molecular complexity index is 589. The van der Waals surface area contributed by atoms with Crippen molar-refractivity contribution in [2.45, 2.75) is 6.92 Å². The smallest absolute Gasteiger partial charge is 0.197 e. The van der Waals surface area contributed by atoms with Crippen molar-refractivity contribution < 1.29 is 0 Å². The SMILES string of the molecule is Cc1cc(-c2ccc(C#N)s2)nc(=S)[nH]1. The minimum Gasteiger partial charge on any atom is -0.335 e. The van der Waals surface area contributed by atoms with Crippen molar-refractivity contribution in [1.82, 2.24) is 9.97 Å². The van der Waals surface area contributed by atoms with E-state index in [-0.39, 0.29) is 0 Å². The summed E-state index contributed by atoms with van der Waals surface area (Å²) in [6.45, 7) is 1.93. The number of hydrogen-bond acceptors (Lipinski definition) is 4. The largest absolute Gasteiger partial charge is 0.335 e. The number of aromatic amines is 1. The average molecular weight is 233 g/mol. The third kappa shape index (κ3) is 2.12. The van der Waals surface area contributed by atoms with E-state index < -0.39 is 0 Å².